The van der Waals surface area contributed by atoms with Gasteiger partial charge in [0.1, 0.15) is 5.69 Å². The lowest BCUT2D eigenvalue weighted by molar-refractivity contribution is 0.589. The van der Waals surface area contributed by atoms with Crippen LogP contribution in [0.2, 0.25) is 0 Å². The highest BCUT2D eigenvalue weighted by Crippen LogP contribution is 2.24. The SMILES string of the molecule is CC(C)(C)c1ccc(C(N)c2cn[nH]n2)cc1. The van der Waals surface area contributed by atoms with Crippen LogP contribution in [-0.4, -0.2) is 15.4 Å². The third-order valence-electron chi connectivity index (χ3n) is 2.89. The van der Waals surface area contributed by atoms with E-state index in [9.17, 15) is 0 Å². The Morgan fingerprint density at radius 1 is 1.18 bits per heavy atom. The standard InChI is InChI=1S/C13H18N4/c1-13(2,3)10-6-4-9(5-7-10)12(14)11-8-15-17-16-11/h4-8,12H,14H2,1-3H3,(H,15,16,17). The molecule has 0 amide bonds. The molecule has 0 bridgehead atoms. The number of benzene rings is 1. The number of H-pyrrole nitrogens is 1. The second-order valence-corrected chi connectivity index (χ2v) is 5.24. The summed E-state index contributed by atoms with van der Waals surface area (Å²) in [6, 6.07) is 8.13. The molecular formula is C13H18N4. The number of nitrogens with zero attached hydrogens (tertiary/aromatic N) is 2. The summed E-state index contributed by atoms with van der Waals surface area (Å²) in [6.07, 6.45) is 1.66. The molecule has 0 aliphatic heterocycles. The largest absolute Gasteiger partial charge is 0.319 e. The molecule has 90 valence electrons. The first-order valence-electron chi connectivity index (χ1n) is 5.70. The van der Waals surface area contributed by atoms with E-state index in [1.165, 1.54) is 5.56 Å². The molecule has 0 aliphatic rings. The molecule has 0 fully saturated rings. The molecule has 1 aromatic carbocycles. The van der Waals surface area contributed by atoms with Crippen molar-refractivity contribution in [3.05, 3.63) is 47.3 Å². The number of nitrogens with one attached hydrogen (secondary N) is 1. The van der Waals surface area contributed by atoms with E-state index in [1.54, 1.807) is 6.20 Å². The highest BCUT2D eigenvalue weighted by Gasteiger charge is 2.15. The predicted octanol–water partition coefficient (Wildman–Crippen LogP) is 2.15. The zero-order valence-corrected chi connectivity index (χ0v) is 10.4. The monoisotopic (exact) mass is 230 g/mol. The Bertz CT molecular complexity index is 465. The first-order chi connectivity index (χ1) is 7.98. The van der Waals surface area contributed by atoms with Crippen LogP contribution in [0.5, 0.6) is 0 Å². The highest BCUT2D eigenvalue weighted by atomic mass is 15.3. The van der Waals surface area contributed by atoms with E-state index in [-0.39, 0.29) is 11.5 Å². The number of rotatable bonds is 2. The second-order valence-electron chi connectivity index (χ2n) is 5.24. The van der Waals surface area contributed by atoms with Crippen LogP contribution < -0.4 is 5.73 Å². The van der Waals surface area contributed by atoms with Crippen LogP contribution in [0.4, 0.5) is 0 Å². The van der Waals surface area contributed by atoms with Crippen molar-refractivity contribution in [3.63, 3.8) is 0 Å². The van der Waals surface area contributed by atoms with E-state index in [0.717, 1.165) is 11.3 Å². The average Bonchev–Trinajstić information content (AvgIpc) is 2.80. The first-order valence-corrected chi connectivity index (χ1v) is 5.70. The van der Waals surface area contributed by atoms with Gasteiger partial charge in [0.2, 0.25) is 0 Å². The molecule has 0 radical (unpaired) electrons. The fraction of sp³-hybridized carbons (Fsp3) is 0.385. The van der Waals surface area contributed by atoms with Crippen molar-refractivity contribution < 1.29 is 0 Å². The van der Waals surface area contributed by atoms with Gasteiger partial charge >= 0.3 is 0 Å². The molecule has 4 heteroatoms. The van der Waals surface area contributed by atoms with Gasteiger partial charge in [-0.2, -0.15) is 15.4 Å². The number of aromatic amines is 1. The summed E-state index contributed by atoms with van der Waals surface area (Å²) < 4.78 is 0. The minimum absolute atomic E-state index is 0.163. The summed E-state index contributed by atoms with van der Waals surface area (Å²) in [6.45, 7) is 6.58. The Kier molecular flexibility index (Phi) is 2.98. The van der Waals surface area contributed by atoms with Crippen LogP contribution >= 0.6 is 0 Å². The zero-order valence-electron chi connectivity index (χ0n) is 10.4. The molecule has 0 spiro atoms. The topological polar surface area (TPSA) is 67.6 Å². The van der Waals surface area contributed by atoms with E-state index < -0.39 is 0 Å². The van der Waals surface area contributed by atoms with Gasteiger partial charge in [0, 0.05) is 0 Å². The van der Waals surface area contributed by atoms with Gasteiger partial charge in [-0.25, -0.2) is 0 Å². The van der Waals surface area contributed by atoms with Gasteiger partial charge < -0.3 is 5.73 Å². The number of nitrogens with two attached hydrogens (primary N) is 1. The molecule has 1 heterocycles. The molecule has 2 rings (SSSR count). The Labute approximate surface area is 101 Å². The lowest BCUT2D eigenvalue weighted by atomic mass is 9.86. The van der Waals surface area contributed by atoms with Crippen molar-refractivity contribution in [2.75, 3.05) is 0 Å². The molecular weight excluding hydrogens is 212 g/mol. The summed E-state index contributed by atoms with van der Waals surface area (Å²) in [5.74, 6) is 0. The third-order valence-corrected chi connectivity index (χ3v) is 2.89. The number of aromatic nitrogens is 3. The summed E-state index contributed by atoms with van der Waals surface area (Å²) >= 11 is 0. The molecule has 1 atom stereocenters. The smallest absolute Gasteiger partial charge is 0.104 e. The maximum Gasteiger partial charge on any atom is 0.104 e. The van der Waals surface area contributed by atoms with Gasteiger partial charge in [0.15, 0.2) is 0 Å². The maximum absolute atomic E-state index is 6.10. The van der Waals surface area contributed by atoms with Gasteiger partial charge in [0.25, 0.3) is 0 Å². The van der Waals surface area contributed by atoms with E-state index in [4.69, 9.17) is 5.73 Å². The minimum Gasteiger partial charge on any atom is -0.319 e. The van der Waals surface area contributed by atoms with Gasteiger partial charge in [-0.1, -0.05) is 45.0 Å². The van der Waals surface area contributed by atoms with E-state index >= 15 is 0 Å². The van der Waals surface area contributed by atoms with Gasteiger partial charge in [-0.05, 0) is 16.5 Å². The van der Waals surface area contributed by atoms with Crippen LogP contribution in [0, 0.1) is 0 Å². The number of hydrogen-bond acceptors (Lipinski definition) is 3. The van der Waals surface area contributed by atoms with Crippen LogP contribution in [0.3, 0.4) is 0 Å². The predicted molar refractivity (Wildman–Crippen MR) is 67.6 cm³/mol. The van der Waals surface area contributed by atoms with Crippen LogP contribution in [0.1, 0.15) is 43.6 Å². The van der Waals surface area contributed by atoms with Crippen molar-refractivity contribution in [2.24, 2.45) is 5.73 Å². The zero-order chi connectivity index (χ0) is 12.5. The van der Waals surface area contributed by atoms with Crippen molar-refractivity contribution in [2.45, 2.75) is 32.2 Å². The molecule has 1 aromatic heterocycles. The molecule has 2 aromatic rings. The Hall–Kier alpha value is -1.68. The van der Waals surface area contributed by atoms with Crippen molar-refractivity contribution in [3.8, 4) is 0 Å². The molecule has 0 aliphatic carbocycles. The minimum atomic E-state index is -0.220. The maximum atomic E-state index is 6.10. The Balaban J connectivity index is 2.24. The molecule has 17 heavy (non-hydrogen) atoms. The summed E-state index contributed by atoms with van der Waals surface area (Å²) in [7, 11) is 0. The van der Waals surface area contributed by atoms with Crippen LogP contribution in [0.25, 0.3) is 0 Å². The second kappa shape index (κ2) is 4.30. The van der Waals surface area contributed by atoms with Crippen molar-refractivity contribution in [1.82, 2.24) is 15.4 Å². The molecule has 1 unspecified atom stereocenters. The lowest BCUT2D eigenvalue weighted by Crippen LogP contribution is -2.14. The van der Waals surface area contributed by atoms with Gasteiger partial charge in [-0.15, -0.1) is 0 Å². The average molecular weight is 230 g/mol. The fourth-order valence-corrected chi connectivity index (χ4v) is 1.72. The molecule has 0 saturated heterocycles. The summed E-state index contributed by atoms with van der Waals surface area (Å²) in [5, 5.41) is 10.3. The molecule has 0 saturated carbocycles. The summed E-state index contributed by atoms with van der Waals surface area (Å²) in [4.78, 5) is 0. The fourth-order valence-electron chi connectivity index (χ4n) is 1.72. The van der Waals surface area contributed by atoms with Gasteiger partial charge in [0.05, 0.1) is 12.2 Å². The van der Waals surface area contributed by atoms with Crippen LogP contribution in [-0.2, 0) is 5.41 Å². The summed E-state index contributed by atoms with van der Waals surface area (Å²) in [5.41, 5.74) is 9.37. The lowest BCUT2D eigenvalue weighted by Gasteiger charge is -2.19. The first kappa shape index (κ1) is 11.8. The Morgan fingerprint density at radius 2 is 1.82 bits per heavy atom. The van der Waals surface area contributed by atoms with E-state index in [2.05, 4.69) is 60.4 Å². The van der Waals surface area contributed by atoms with Crippen molar-refractivity contribution >= 4 is 0 Å². The molecule has 3 N–H and O–H groups in total. The van der Waals surface area contributed by atoms with E-state index in [0.29, 0.717) is 0 Å². The van der Waals surface area contributed by atoms with Crippen LogP contribution in [0.15, 0.2) is 30.5 Å². The number of hydrogen-bond donors (Lipinski definition) is 2. The van der Waals surface area contributed by atoms with E-state index in [1.807, 2.05) is 0 Å². The highest BCUT2D eigenvalue weighted by molar-refractivity contribution is 5.32. The van der Waals surface area contributed by atoms with Crippen molar-refractivity contribution in [1.29, 1.82) is 0 Å². The quantitative estimate of drug-likeness (QED) is 0.830. The molecule has 4 nitrogen and oxygen atoms in total. The Morgan fingerprint density at radius 3 is 2.29 bits per heavy atom. The normalized spacial score (nSPS) is 13.6. The third kappa shape index (κ3) is 2.53. The van der Waals surface area contributed by atoms with Gasteiger partial charge in [-0.3, -0.25) is 0 Å².